The number of carbonyl (C=O) groups excluding carboxylic acids is 1. The monoisotopic (exact) mass is 482 g/mol. The van der Waals surface area contributed by atoms with E-state index >= 15 is 0 Å². The lowest BCUT2D eigenvalue weighted by molar-refractivity contribution is 0.0950. The minimum atomic E-state index is -3.80. The average molecular weight is 483 g/mol. The van der Waals surface area contributed by atoms with Crippen molar-refractivity contribution in [2.45, 2.75) is 38.5 Å². The molecule has 0 bridgehead atoms. The Kier molecular flexibility index (Phi) is 8.59. The quantitative estimate of drug-likeness (QED) is 0.430. The Morgan fingerprint density at radius 1 is 1.00 bits per heavy atom. The summed E-state index contributed by atoms with van der Waals surface area (Å²) in [5, 5.41) is 2.87. The van der Waals surface area contributed by atoms with Crippen molar-refractivity contribution in [3.63, 3.8) is 0 Å². The fourth-order valence-electron chi connectivity index (χ4n) is 3.35. The Balaban J connectivity index is 1.55. The molecule has 34 heavy (non-hydrogen) atoms. The van der Waals surface area contributed by atoms with E-state index in [9.17, 15) is 13.2 Å². The molecule has 0 aliphatic heterocycles. The van der Waals surface area contributed by atoms with Crippen molar-refractivity contribution in [1.82, 2.24) is 15.3 Å². The fourth-order valence-corrected chi connectivity index (χ4v) is 4.31. The van der Waals surface area contributed by atoms with Gasteiger partial charge in [-0.2, -0.15) is 0 Å². The van der Waals surface area contributed by atoms with E-state index in [1.165, 1.54) is 12.1 Å². The van der Waals surface area contributed by atoms with E-state index in [1.54, 1.807) is 42.7 Å². The molecule has 0 aliphatic carbocycles. The van der Waals surface area contributed by atoms with Crippen LogP contribution in [0.25, 0.3) is 0 Å². The van der Waals surface area contributed by atoms with Gasteiger partial charge >= 0.3 is 0 Å². The number of sulfonamides is 1. The maximum Gasteiger partial charge on any atom is 0.264 e. The lowest BCUT2D eigenvalue weighted by Crippen LogP contribution is -2.26. The molecule has 0 atom stereocenters. The van der Waals surface area contributed by atoms with Gasteiger partial charge in [0.05, 0.1) is 17.1 Å². The zero-order valence-corrected chi connectivity index (χ0v) is 20.4. The second-order valence-corrected chi connectivity index (χ2v) is 9.88. The molecule has 9 heteroatoms. The van der Waals surface area contributed by atoms with Crippen molar-refractivity contribution in [1.29, 1.82) is 0 Å². The van der Waals surface area contributed by atoms with Gasteiger partial charge in [0.25, 0.3) is 15.9 Å². The summed E-state index contributed by atoms with van der Waals surface area (Å²) in [5.74, 6) is 0.824. The van der Waals surface area contributed by atoms with E-state index in [2.05, 4.69) is 33.9 Å². The van der Waals surface area contributed by atoms with Gasteiger partial charge in [-0.3, -0.25) is 4.79 Å². The molecule has 0 unspecified atom stereocenters. The van der Waals surface area contributed by atoms with Gasteiger partial charge in [0, 0.05) is 18.9 Å². The smallest absolute Gasteiger partial charge is 0.264 e. The van der Waals surface area contributed by atoms with Crippen LogP contribution >= 0.6 is 0 Å². The van der Waals surface area contributed by atoms with Crippen molar-refractivity contribution in [3.8, 4) is 5.75 Å². The van der Waals surface area contributed by atoms with Crippen LogP contribution in [0.3, 0.4) is 0 Å². The normalized spacial score (nSPS) is 11.3. The molecular formula is C25H30N4O4S. The molecule has 2 N–H and O–H groups in total. The highest BCUT2D eigenvalue weighted by Gasteiger charge is 2.16. The maximum atomic E-state index is 12.7. The Bertz CT molecular complexity index is 1190. The van der Waals surface area contributed by atoms with Crippen LogP contribution in [0.4, 0.5) is 5.95 Å². The Morgan fingerprint density at radius 3 is 2.32 bits per heavy atom. The number of hydrogen-bond acceptors (Lipinski definition) is 6. The topological polar surface area (TPSA) is 110 Å². The molecule has 8 nitrogen and oxygen atoms in total. The van der Waals surface area contributed by atoms with Gasteiger partial charge in [-0.05, 0) is 61.1 Å². The van der Waals surface area contributed by atoms with Crippen molar-refractivity contribution in [2.24, 2.45) is 5.92 Å². The molecule has 1 amide bonds. The molecule has 1 heterocycles. The van der Waals surface area contributed by atoms with Crippen molar-refractivity contribution in [2.75, 3.05) is 17.9 Å². The van der Waals surface area contributed by atoms with Crippen LogP contribution in [-0.4, -0.2) is 37.4 Å². The first kappa shape index (κ1) is 25.2. The number of nitrogens with zero attached hydrogens (tertiary/aromatic N) is 2. The number of nitrogens with one attached hydrogen (secondary N) is 2. The van der Waals surface area contributed by atoms with Crippen LogP contribution in [-0.2, 0) is 22.9 Å². The average Bonchev–Trinajstić information content (AvgIpc) is 2.81. The zero-order chi connectivity index (χ0) is 24.6. The molecule has 0 saturated heterocycles. The van der Waals surface area contributed by atoms with Crippen LogP contribution in [0.1, 0.15) is 42.3 Å². The summed E-state index contributed by atoms with van der Waals surface area (Å²) in [5.41, 5.74) is 2.33. The predicted octanol–water partition coefficient (Wildman–Crippen LogP) is 3.85. The summed E-state index contributed by atoms with van der Waals surface area (Å²) in [7, 11) is -3.80. The Labute approximate surface area is 200 Å². The largest absolute Gasteiger partial charge is 0.493 e. The molecule has 0 saturated carbocycles. The fraction of sp³-hybridized carbons (Fsp3) is 0.320. The molecule has 3 rings (SSSR count). The molecule has 0 aliphatic rings. The first-order chi connectivity index (χ1) is 16.3. The van der Waals surface area contributed by atoms with Gasteiger partial charge in [-0.1, -0.05) is 38.1 Å². The Hall–Kier alpha value is -3.46. The van der Waals surface area contributed by atoms with Crippen molar-refractivity contribution >= 4 is 21.9 Å². The SMILES string of the molecule is CCOc1ccccc1C(=O)NCCc1ccc(S(=O)(=O)Nc2ncc(CC(C)C)cn2)cc1. The highest BCUT2D eigenvalue weighted by atomic mass is 32.2. The van der Waals surface area contributed by atoms with Crippen LogP contribution in [0.15, 0.2) is 65.8 Å². The summed E-state index contributed by atoms with van der Waals surface area (Å²) in [6.45, 7) is 6.93. The molecule has 0 spiro atoms. The lowest BCUT2D eigenvalue weighted by atomic mass is 10.1. The third kappa shape index (κ3) is 7.02. The van der Waals surface area contributed by atoms with Gasteiger partial charge in [-0.15, -0.1) is 0 Å². The summed E-state index contributed by atoms with van der Waals surface area (Å²) >= 11 is 0. The van der Waals surface area contributed by atoms with Gasteiger partial charge < -0.3 is 10.1 Å². The number of carbonyl (C=O) groups is 1. The van der Waals surface area contributed by atoms with Gasteiger partial charge in [0.2, 0.25) is 5.95 Å². The molecule has 2 aromatic carbocycles. The number of amides is 1. The molecule has 0 fully saturated rings. The van der Waals surface area contributed by atoms with E-state index in [0.29, 0.717) is 36.8 Å². The first-order valence-electron chi connectivity index (χ1n) is 11.2. The lowest BCUT2D eigenvalue weighted by Gasteiger charge is -2.11. The van der Waals surface area contributed by atoms with E-state index in [0.717, 1.165) is 17.5 Å². The van der Waals surface area contributed by atoms with Gasteiger partial charge in [-0.25, -0.2) is 23.1 Å². The summed E-state index contributed by atoms with van der Waals surface area (Å²) in [4.78, 5) is 20.8. The predicted molar refractivity (Wildman–Crippen MR) is 131 cm³/mol. The van der Waals surface area contributed by atoms with Crippen LogP contribution in [0.5, 0.6) is 5.75 Å². The number of ether oxygens (including phenoxy) is 1. The first-order valence-corrected chi connectivity index (χ1v) is 12.7. The molecule has 1 aromatic heterocycles. The third-order valence-corrected chi connectivity index (χ3v) is 6.28. The molecular weight excluding hydrogens is 452 g/mol. The van der Waals surface area contributed by atoms with E-state index in [4.69, 9.17) is 4.74 Å². The highest BCUT2D eigenvalue weighted by molar-refractivity contribution is 7.92. The van der Waals surface area contributed by atoms with E-state index < -0.39 is 10.0 Å². The highest BCUT2D eigenvalue weighted by Crippen LogP contribution is 2.18. The summed E-state index contributed by atoms with van der Waals surface area (Å²) in [6, 6.07) is 13.6. The molecule has 0 radical (unpaired) electrons. The number of hydrogen-bond donors (Lipinski definition) is 2. The summed E-state index contributed by atoms with van der Waals surface area (Å²) < 4.78 is 33.2. The molecule has 3 aromatic rings. The maximum absolute atomic E-state index is 12.7. The third-order valence-electron chi connectivity index (χ3n) is 4.94. The van der Waals surface area contributed by atoms with Crippen molar-refractivity contribution < 1.29 is 17.9 Å². The van der Waals surface area contributed by atoms with Crippen molar-refractivity contribution in [3.05, 3.63) is 77.6 Å². The van der Waals surface area contributed by atoms with Crippen LogP contribution in [0, 0.1) is 5.92 Å². The minimum absolute atomic E-state index is 0.0339. The van der Waals surface area contributed by atoms with Crippen LogP contribution in [0.2, 0.25) is 0 Å². The number of aromatic nitrogens is 2. The number of benzene rings is 2. The van der Waals surface area contributed by atoms with E-state index in [1.807, 2.05) is 13.0 Å². The second-order valence-electron chi connectivity index (χ2n) is 8.20. The minimum Gasteiger partial charge on any atom is -0.493 e. The standard InChI is InChI=1S/C25H30N4O4S/c1-4-33-23-8-6-5-7-22(23)24(30)26-14-13-19-9-11-21(12-10-19)34(31,32)29-25-27-16-20(17-28-25)15-18(2)3/h5-12,16-18H,4,13-15H2,1-3H3,(H,26,30)(H,27,28,29). The second kappa shape index (κ2) is 11.6. The van der Waals surface area contributed by atoms with Gasteiger partial charge in [0.15, 0.2) is 0 Å². The summed E-state index contributed by atoms with van der Waals surface area (Å²) in [6.07, 6.45) is 4.65. The molecule has 180 valence electrons. The Morgan fingerprint density at radius 2 is 1.68 bits per heavy atom. The number of anilines is 1. The van der Waals surface area contributed by atoms with Gasteiger partial charge in [0.1, 0.15) is 5.75 Å². The van der Waals surface area contributed by atoms with Crippen LogP contribution < -0.4 is 14.8 Å². The number of para-hydroxylation sites is 1. The zero-order valence-electron chi connectivity index (χ0n) is 19.6. The van der Waals surface area contributed by atoms with E-state index in [-0.39, 0.29) is 16.8 Å². The number of rotatable bonds is 11.